The Balaban J connectivity index is 1.43. The van der Waals surface area contributed by atoms with Gasteiger partial charge in [-0.15, -0.1) is 0 Å². The molecule has 2 heterocycles. The topological polar surface area (TPSA) is 107 Å². The van der Waals surface area contributed by atoms with Crippen molar-refractivity contribution in [2.75, 3.05) is 7.11 Å². The number of ether oxygens (including phenoxy) is 1. The highest BCUT2D eigenvalue weighted by atomic mass is 16.5. The smallest absolute Gasteiger partial charge is 0.326 e. The predicted octanol–water partition coefficient (Wildman–Crippen LogP) is 5.24. The molecule has 2 aromatic heterocycles. The van der Waals surface area contributed by atoms with Gasteiger partial charge in [-0.3, -0.25) is 4.79 Å². The zero-order valence-corrected chi connectivity index (χ0v) is 20.1. The Morgan fingerprint density at radius 3 is 2.72 bits per heavy atom. The SMILES string of the molecule is COc1cccc(CC(NC(=O)c2ccc3c(c2)nc(-c2ccoc2)n3C2CCCCC2)C(=O)O)c1. The van der Waals surface area contributed by atoms with Crippen molar-refractivity contribution < 1.29 is 23.8 Å². The normalized spacial score (nSPS) is 15.0. The van der Waals surface area contributed by atoms with Crippen molar-refractivity contribution in [1.82, 2.24) is 14.9 Å². The number of fused-ring (bicyclic) bond motifs is 1. The maximum Gasteiger partial charge on any atom is 0.326 e. The second kappa shape index (κ2) is 10.3. The molecular weight excluding hydrogens is 458 g/mol. The number of carboxylic acid groups (broad SMARTS) is 1. The minimum Gasteiger partial charge on any atom is -0.497 e. The lowest BCUT2D eigenvalue weighted by Crippen LogP contribution is -2.42. The van der Waals surface area contributed by atoms with Crippen molar-refractivity contribution in [1.29, 1.82) is 0 Å². The number of rotatable bonds is 8. The Morgan fingerprint density at radius 1 is 1.17 bits per heavy atom. The number of hydrogen-bond donors (Lipinski definition) is 2. The van der Waals surface area contributed by atoms with Crippen LogP contribution in [0.1, 0.15) is 54.1 Å². The van der Waals surface area contributed by atoms with Gasteiger partial charge in [0.15, 0.2) is 0 Å². The van der Waals surface area contributed by atoms with Crippen LogP contribution in [0.2, 0.25) is 0 Å². The molecule has 0 aliphatic heterocycles. The highest BCUT2D eigenvalue weighted by Gasteiger charge is 2.25. The first-order chi connectivity index (χ1) is 17.5. The molecule has 0 radical (unpaired) electrons. The van der Waals surface area contributed by atoms with E-state index < -0.39 is 17.9 Å². The van der Waals surface area contributed by atoms with E-state index in [2.05, 4.69) is 9.88 Å². The van der Waals surface area contributed by atoms with Crippen molar-refractivity contribution in [2.24, 2.45) is 0 Å². The van der Waals surface area contributed by atoms with Gasteiger partial charge in [-0.2, -0.15) is 0 Å². The number of hydrogen-bond acceptors (Lipinski definition) is 5. The molecule has 0 spiro atoms. The summed E-state index contributed by atoms with van der Waals surface area (Å²) in [6.07, 6.45) is 9.24. The van der Waals surface area contributed by atoms with Crippen LogP contribution in [0.5, 0.6) is 5.75 Å². The van der Waals surface area contributed by atoms with Gasteiger partial charge >= 0.3 is 5.97 Å². The molecule has 2 aromatic carbocycles. The van der Waals surface area contributed by atoms with Crippen molar-refractivity contribution in [3.8, 4) is 17.1 Å². The standard InChI is InChI=1S/C28H29N3O5/c1-35-22-9-5-6-18(14-22)15-24(28(33)34)30-27(32)19-10-11-25-23(16-19)29-26(20-12-13-36-17-20)31(25)21-7-3-2-4-8-21/h5-6,9-14,16-17,21,24H,2-4,7-8,15H2,1H3,(H,30,32)(H,33,34). The summed E-state index contributed by atoms with van der Waals surface area (Å²) in [6, 6.07) is 13.7. The van der Waals surface area contributed by atoms with E-state index in [9.17, 15) is 14.7 Å². The average molecular weight is 488 g/mol. The van der Waals surface area contributed by atoms with E-state index in [1.807, 2.05) is 18.2 Å². The molecule has 4 aromatic rings. The number of carboxylic acids is 1. The lowest BCUT2D eigenvalue weighted by Gasteiger charge is -2.25. The fraction of sp³-hybridized carbons (Fsp3) is 0.321. The molecule has 1 saturated carbocycles. The van der Waals surface area contributed by atoms with Gasteiger partial charge in [0.05, 0.1) is 30.0 Å². The number of nitrogens with one attached hydrogen (secondary N) is 1. The first-order valence-electron chi connectivity index (χ1n) is 12.2. The van der Waals surface area contributed by atoms with Gasteiger partial charge in [0.2, 0.25) is 0 Å². The summed E-state index contributed by atoms with van der Waals surface area (Å²) in [5, 5.41) is 12.4. The van der Waals surface area contributed by atoms with Crippen LogP contribution in [0.3, 0.4) is 0 Å². The number of amides is 1. The number of imidazole rings is 1. The number of furan rings is 1. The Morgan fingerprint density at radius 2 is 2.00 bits per heavy atom. The van der Waals surface area contributed by atoms with Gasteiger partial charge in [-0.05, 0) is 54.8 Å². The fourth-order valence-corrected chi connectivity index (χ4v) is 5.02. The number of carbonyl (C=O) groups excluding carboxylic acids is 1. The molecule has 8 nitrogen and oxygen atoms in total. The highest BCUT2D eigenvalue weighted by Crippen LogP contribution is 2.36. The van der Waals surface area contributed by atoms with Crippen LogP contribution in [0, 0.1) is 0 Å². The molecule has 186 valence electrons. The minimum absolute atomic E-state index is 0.140. The third-order valence-electron chi connectivity index (χ3n) is 6.85. The van der Waals surface area contributed by atoms with E-state index in [1.165, 1.54) is 19.3 Å². The number of nitrogens with zero attached hydrogens (tertiary/aromatic N) is 2. The first-order valence-corrected chi connectivity index (χ1v) is 12.2. The Labute approximate surface area is 208 Å². The molecule has 0 saturated heterocycles. The van der Waals surface area contributed by atoms with Crippen LogP contribution in [0.15, 0.2) is 65.5 Å². The average Bonchev–Trinajstić information content (AvgIpc) is 3.56. The summed E-state index contributed by atoms with van der Waals surface area (Å²) in [7, 11) is 1.55. The van der Waals surface area contributed by atoms with Crippen LogP contribution in [0.4, 0.5) is 0 Å². The second-order valence-corrected chi connectivity index (χ2v) is 9.23. The first kappa shape index (κ1) is 23.7. The second-order valence-electron chi connectivity index (χ2n) is 9.23. The summed E-state index contributed by atoms with van der Waals surface area (Å²) in [5.41, 5.74) is 3.68. The zero-order valence-electron chi connectivity index (χ0n) is 20.1. The molecule has 5 rings (SSSR count). The number of benzene rings is 2. The van der Waals surface area contributed by atoms with Crippen LogP contribution in [-0.4, -0.2) is 39.7 Å². The van der Waals surface area contributed by atoms with E-state index in [0.717, 1.165) is 35.3 Å². The molecule has 2 N–H and O–H groups in total. The fourth-order valence-electron chi connectivity index (χ4n) is 5.02. The van der Waals surface area contributed by atoms with Crippen LogP contribution in [-0.2, 0) is 11.2 Å². The monoisotopic (exact) mass is 487 g/mol. The van der Waals surface area contributed by atoms with E-state index in [4.69, 9.17) is 14.1 Å². The molecule has 0 bridgehead atoms. The number of aromatic nitrogens is 2. The summed E-state index contributed by atoms with van der Waals surface area (Å²) in [5.74, 6) is -0.0969. The molecule has 1 aliphatic rings. The Bertz CT molecular complexity index is 1370. The van der Waals surface area contributed by atoms with Crippen molar-refractivity contribution in [3.05, 3.63) is 72.2 Å². The molecule has 1 amide bonds. The van der Waals surface area contributed by atoms with Crippen LogP contribution >= 0.6 is 0 Å². The Kier molecular flexibility index (Phi) is 6.75. The lowest BCUT2D eigenvalue weighted by atomic mass is 9.95. The largest absolute Gasteiger partial charge is 0.497 e. The van der Waals surface area contributed by atoms with Crippen molar-refractivity contribution in [2.45, 2.75) is 50.6 Å². The van der Waals surface area contributed by atoms with Gasteiger partial charge in [0.25, 0.3) is 5.91 Å². The van der Waals surface area contributed by atoms with E-state index in [1.54, 1.807) is 50.0 Å². The maximum atomic E-state index is 13.1. The summed E-state index contributed by atoms with van der Waals surface area (Å²) >= 11 is 0. The predicted molar refractivity (Wildman–Crippen MR) is 135 cm³/mol. The minimum atomic E-state index is -1.10. The third-order valence-corrected chi connectivity index (χ3v) is 6.85. The maximum absolute atomic E-state index is 13.1. The number of aliphatic carboxylic acids is 1. The molecule has 8 heteroatoms. The zero-order chi connectivity index (χ0) is 25.1. The van der Waals surface area contributed by atoms with Crippen molar-refractivity contribution >= 4 is 22.9 Å². The van der Waals surface area contributed by atoms with Gasteiger partial charge in [-0.25, -0.2) is 9.78 Å². The van der Waals surface area contributed by atoms with Gasteiger partial charge in [0, 0.05) is 18.0 Å². The van der Waals surface area contributed by atoms with E-state index in [-0.39, 0.29) is 6.42 Å². The molecule has 1 atom stereocenters. The molecule has 1 fully saturated rings. The van der Waals surface area contributed by atoms with Crippen LogP contribution in [0.25, 0.3) is 22.4 Å². The van der Waals surface area contributed by atoms with Gasteiger partial charge in [0.1, 0.15) is 23.9 Å². The quantitative estimate of drug-likeness (QED) is 0.352. The van der Waals surface area contributed by atoms with Crippen LogP contribution < -0.4 is 10.1 Å². The van der Waals surface area contributed by atoms with Gasteiger partial charge in [-0.1, -0.05) is 31.4 Å². The number of carbonyl (C=O) groups is 2. The molecule has 1 aliphatic carbocycles. The van der Waals surface area contributed by atoms with E-state index >= 15 is 0 Å². The Hall–Kier alpha value is -4.07. The van der Waals surface area contributed by atoms with E-state index in [0.29, 0.717) is 22.9 Å². The van der Waals surface area contributed by atoms with Crippen molar-refractivity contribution in [3.63, 3.8) is 0 Å². The molecular formula is C28H29N3O5. The highest BCUT2D eigenvalue weighted by molar-refractivity contribution is 5.99. The molecule has 36 heavy (non-hydrogen) atoms. The summed E-state index contributed by atoms with van der Waals surface area (Å²) in [6.45, 7) is 0. The third kappa shape index (κ3) is 4.84. The summed E-state index contributed by atoms with van der Waals surface area (Å²) in [4.78, 5) is 29.9. The number of methoxy groups -OCH3 is 1. The molecule has 1 unspecified atom stereocenters. The lowest BCUT2D eigenvalue weighted by molar-refractivity contribution is -0.139. The van der Waals surface area contributed by atoms with Gasteiger partial charge < -0.3 is 24.1 Å². The summed E-state index contributed by atoms with van der Waals surface area (Å²) < 4.78 is 12.8.